The quantitative estimate of drug-likeness (QED) is 0.727. The molecule has 0 saturated heterocycles. The zero-order valence-corrected chi connectivity index (χ0v) is 7.23. The molecule has 1 aliphatic carbocycles. The number of carbonyl (C=O) groups is 1. The highest BCUT2D eigenvalue weighted by Crippen LogP contribution is 2.35. The number of nitrogens with two attached hydrogens (primary N) is 1. The number of amides is 1. The molecule has 2 N–H and O–H groups in total. The van der Waals surface area contributed by atoms with Gasteiger partial charge in [-0.05, 0) is 12.8 Å². The summed E-state index contributed by atoms with van der Waals surface area (Å²) < 4.78 is 0. The lowest BCUT2D eigenvalue weighted by Gasteiger charge is -2.25. The minimum absolute atomic E-state index is 0.340. The third-order valence-electron chi connectivity index (χ3n) is 2.45. The van der Waals surface area contributed by atoms with E-state index in [9.17, 15) is 4.79 Å². The van der Waals surface area contributed by atoms with Crippen molar-refractivity contribution in [3.8, 4) is 0 Å². The van der Waals surface area contributed by atoms with Crippen molar-refractivity contribution in [3.63, 3.8) is 0 Å². The minimum Gasteiger partial charge on any atom is -0.364 e. The van der Waals surface area contributed by atoms with E-state index in [-0.39, 0.29) is 0 Å². The molecule has 0 spiro atoms. The summed E-state index contributed by atoms with van der Waals surface area (Å²) in [6.45, 7) is 0. The highest BCUT2D eigenvalue weighted by molar-refractivity contribution is 5.91. The van der Waals surface area contributed by atoms with Gasteiger partial charge in [0.05, 0.1) is 5.69 Å². The molecule has 1 amide bonds. The molecule has 1 heterocycles. The molecule has 68 valence electrons. The summed E-state index contributed by atoms with van der Waals surface area (Å²) in [5.74, 6) is -0.0776. The summed E-state index contributed by atoms with van der Waals surface area (Å²) in [6, 6.07) is 0. The van der Waals surface area contributed by atoms with Crippen LogP contribution in [0.15, 0.2) is 12.4 Å². The molecule has 2 rings (SSSR count). The van der Waals surface area contributed by atoms with E-state index in [0.717, 1.165) is 18.5 Å². The Morgan fingerprint density at radius 2 is 2.08 bits per heavy atom. The largest absolute Gasteiger partial charge is 0.364 e. The van der Waals surface area contributed by atoms with E-state index in [0.29, 0.717) is 11.6 Å². The smallest absolute Gasteiger partial charge is 0.269 e. The van der Waals surface area contributed by atoms with Crippen LogP contribution in [0, 0.1) is 0 Å². The van der Waals surface area contributed by atoms with E-state index in [1.54, 1.807) is 6.20 Å². The second-order valence-electron chi connectivity index (χ2n) is 3.28. The normalized spacial score (nSPS) is 16.6. The topological polar surface area (TPSA) is 68.9 Å². The number of primary amides is 1. The summed E-state index contributed by atoms with van der Waals surface area (Å²) in [5.41, 5.74) is 6.31. The van der Waals surface area contributed by atoms with Gasteiger partial charge in [-0.2, -0.15) is 0 Å². The van der Waals surface area contributed by atoms with E-state index < -0.39 is 5.91 Å². The summed E-state index contributed by atoms with van der Waals surface area (Å²) in [6.07, 6.45) is 6.51. The van der Waals surface area contributed by atoms with Crippen molar-refractivity contribution in [1.29, 1.82) is 0 Å². The molecule has 0 unspecified atom stereocenters. The van der Waals surface area contributed by atoms with Crippen LogP contribution >= 0.6 is 0 Å². The van der Waals surface area contributed by atoms with Crippen LogP contribution in [0.4, 0.5) is 0 Å². The van der Waals surface area contributed by atoms with Gasteiger partial charge in [0, 0.05) is 18.3 Å². The summed E-state index contributed by atoms with van der Waals surface area (Å²) >= 11 is 0. The summed E-state index contributed by atoms with van der Waals surface area (Å²) in [5, 5.41) is 0. The SMILES string of the molecule is NC(=O)c1nccnc1C1CCC1. The lowest BCUT2D eigenvalue weighted by atomic mass is 9.82. The molecule has 13 heavy (non-hydrogen) atoms. The minimum atomic E-state index is -0.477. The average molecular weight is 177 g/mol. The van der Waals surface area contributed by atoms with Gasteiger partial charge < -0.3 is 5.73 Å². The fourth-order valence-electron chi connectivity index (χ4n) is 1.52. The molecule has 1 aromatic rings. The van der Waals surface area contributed by atoms with E-state index in [1.807, 2.05) is 0 Å². The first kappa shape index (κ1) is 8.16. The Balaban J connectivity index is 2.36. The average Bonchev–Trinajstić information content (AvgIpc) is 2.02. The molecule has 1 aliphatic rings. The van der Waals surface area contributed by atoms with Crippen LogP contribution in [0.25, 0.3) is 0 Å². The van der Waals surface area contributed by atoms with Crippen molar-refractivity contribution in [2.75, 3.05) is 0 Å². The predicted molar refractivity (Wildman–Crippen MR) is 47.1 cm³/mol. The van der Waals surface area contributed by atoms with Crippen LogP contribution < -0.4 is 5.73 Å². The van der Waals surface area contributed by atoms with Crippen LogP contribution in [-0.4, -0.2) is 15.9 Å². The first-order chi connectivity index (χ1) is 6.29. The second-order valence-corrected chi connectivity index (χ2v) is 3.28. The number of carbonyl (C=O) groups excluding carboxylic acids is 1. The lowest BCUT2D eigenvalue weighted by Crippen LogP contribution is -2.21. The molecule has 1 saturated carbocycles. The van der Waals surface area contributed by atoms with Crippen LogP contribution in [0.3, 0.4) is 0 Å². The van der Waals surface area contributed by atoms with Crippen LogP contribution in [0.5, 0.6) is 0 Å². The third kappa shape index (κ3) is 1.39. The molecule has 1 aromatic heterocycles. The van der Waals surface area contributed by atoms with Gasteiger partial charge in [0.2, 0.25) is 0 Å². The first-order valence-electron chi connectivity index (χ1n) is 4.39. The van der Waals surface area contributed by atoms with Crippen molar-refractivity contribution in [1.82, 2.24) is 9.97 Å². The molecule has 0 aliphatic heterocycles. The van der Waals surface area contributed by atoms with Crippen LogP contribution in [0.1, 0.15) is 41.4 Å². The third-order valence-corrected chi connectivity index (χ3v) is 2.45. The number of hydrogen-bond donors (Lipinski definition) is 1. The van der Waals surface area contributed by atoms with Gasteiger partial charge >= 0.3 is 0 Å². The molecule has 0 atom stereocenters. The van der Waals surface area contributed by atoms with Gasteiger partial charge in [-0.25, -0.2) is 4.98 Å². The van der Waals surface area contributed by atoms with Gasteiger partial charge in [-0.15, -0.1) is 0 Å². The number of hydrogen-bond acceptors (Lipinski definition) is 3. The molecular formula is C9H11N3O. The van der Waals surface area contributed by atoms with E-state index in [2.05, 4.69) is 9.97 Å². The highest BCUT2D eigenvalue weighted by Gasteiger charge is 2.25. The van der Waals surface area contributed by atoms with Gasteiger partial charge in [0.25, 0.3) is 5.91 Å². The first-order valence-corrected chi connectivity index (χ1v) is 4.39. The summed E-state index contributed by atoms with van der Waals surface area (Å²) in [4.78, 5) is 19.1. The predicted octanol–water partition coefficient (Wildman–Crippen LogP) is 0.843. The molecule has 0 bridgehead atoms. The molecule has 0 radical (unpaired) electrons. The zero-order chi connectivity index (χ0) is 9.26. The zero-order valence-electron chi connectivity index (χ0n) is 7.23. The van der Waals surface area contributed by atoms with Crippen molar-refractivity contribution < 1.29 is 4.79 Å². The monoisotopic (exact) mass is 177 g/mol. The summed E-state index contributed by atoms with van der Waals surface area (Å²) in [7, 11) is 0. The van der Waals surface area contributed by atoms with Gasteiger partial charge in [0.1, 0.15) is 5.69 Å². The van der Waals surface area contributed by atoms with E-state index in [4.69, 9.17) is 5.73 Å². The number of rotatable bonds is 2. The molecule has 0 aromatic carbocycles. The van der Waals surface area contributed by atoms with Gasteiger partial charge in [-0.1, -0.05) is 6.42 Å². The Kier molecular flexibility index (Phi) is 1.96. The maximum absolute atomic E-state index is 11.0. The number of nitrogens with zero attached hydrogens (tertiary/aromatic N) is 2. The fourth-order valence-corrected chi connectivity index (χ4v) is 1.52. The van der Waals surface area contributed by atoms with Gasteiger partial charge in [-0.3, -0.25) is 9.78 Å². The lowest BCUT2D eigenvalue weighted by molar-refractivity contribution is 0.0992. The molecule has 4 heteroatoms. The van der Waals surface area contributed by atoms with Crippen molar-refractivity contribution in [3.05, 3.63) is 23.8 Å². The molecule has 1 fully saturated rings. The molecular weight excluding hydrogens is 166 g/mol. The van der Waals surface area contributed by atoms with Crippen molar-refractivity contribution in [2.45, 2.75) is 25.2 Å². The maximum atomic E-state index is 11.0. The van der Waals surface area contributed by atoms with Crippen LogP contribution in [-0.2, 0) is 0 Å². The Morgan fingerprint density at radius 3 is 2.62 bits per heavy atom. The van der Waals surface area contributed by atoms with E-state index >= 15 is 0 Å². The van der Waals surface area contributed by atoms with Crippen LogP contribution in [0.2, 0.25) is 0 Å². The highest BCUT2D eigenvalue weighted by atomic mass is 16.1. The Morgan fingerprint density at radius 1 is 1.38 bits per heavy atom. The Labute approximate surface area is 76.2 Å². The standard InChI is InChI=1S/C9H11N3O/c10-9(13)8-7(6-2-1-3-6)11-4-5-12-8/h4-6H,1-3H2,(H2,10,13). The molecule has 4 nitrogen and oxygen atoms in total. The van der Waals surface area contributed by atoms with E-state index in [1.165, 1.54) is 12.6 Å². The van der Waals surface area contributed by atoms with Crippen molar-refractivity contribution in [2.24, 2.45) is 5.73 Å². The Bertz CT molecular complexity index is 333. The second kappa shape index (κ2) is 3.12. The van der Waals surface area contributed by atoms with Crippen molar-refractivity contribution >= 4 is 5.91 Å². The van der Waals surface area contributed by atoms with Gasteiger partial charge in [0.15, 0.2) is 0 Å². The fraction of sp³-hybridized carbons (Fsp3) is 0.444. The number of aromatic nitrogens is 2. The maximum Gasteiger partial charge on any atom is 0.269 e. The Hall–Kier alpha value is -1.45.